The molecule has 3 nitrogen and oxygen atoms in total. The van der Waals surface area contributed by atoms with Crippen molar-refractivity contribution in [3.63, 3.8) is 0 Å². The van der Waals surface area contributed by atoms with Gasteiger partial charge in [-0.1, -0.05) is 20.8 Å². The molecule has 0 fully saturated rings. The first-order valence-electron chi connectivity index (χ1n) is 6.95. The van der Waals surface area contributed by atoms with Gasteiger partial charge < -0.3 is 10.3 Å². The SMILES string of the molecule is Cc1cc2nc(C(C)(C)C)n(C(C)CN)c2cc1C. The number of aromatic nitrogens is 2. The number of hydrogen-bond donors (Lipinski definition) is 1. The minimum absolute atomic E-state index is 0.0181. The number of hydrogen-bond acceptors (Lipinski definition) is 2. The molecule has 0 aliphatic heterocycles. The van der Waals surface area contributed by atoms with E-state index in [1.807, 2.05) is 0 Å². The molecule has 1 unspecified atom stereocenters. The van der Waals surface area contributed by atoms with Crippen LogP contribution in [0.2, 0.25) is 0 Å². The summed E-state index contributed by atoms with van der Waals surface area (Å²) in [6, 6.07) is 4.68. The standard InChI is InChI=1S/C16H25N3/c1-10-7-13-14(8-11(10)2)19(12(3)9-17)15(18-13)16(4,5)6/h7-8,12H,9,17H2,1-6H3. The van der Waals surface area contributed by atoms with Gasteiger partial charge in [-0.05, 0) is 44.0 Å². The van der Waals surface area contributed by atoms with Crippen LogP contribution in [0, 0.1) is 13.8 Å². The van der Waals surface area contributed by atoms with E-state index in [0.717, 1.165) is 11.3 Å². The first-order chi connectivity index (χ1) is 8.75. The Balaban J connectivity index is 2.82. The number of nitrogens with two attached hydrogens (primary N) is 1. The normalized spacial score (nSPS) is 14.1. The average Bonchev–Trinajstić information content (AvgIpc) is 2.67. The number of fused-ring (bicyclic) bond motifs is 1. The molecule has 0 aliphatic rings. The Morgan fingerprint density at radius 2 is 1.79 bits per heavy atom. The third kappa shape index (κ3) is 2.39. The molecular formula is C16H25N3. The van der Waals surface area contributed by atoms with Crippen molar-refractivity contribution in [3.05, 3.63) is 29.1 Å². The largest absolute Gasteiger partial charge is 0.328 e. The molecule has 19 heavy (non-hydrogen) atoms. The zero-order chi connectivity index (χ0) is 14.4. The summed E-state index contributed by atoms with van der Waals surface area (Å²) in [7, 11) is 0. The second-order valence-electron chi connectivity index (χ2n) is 6.57. The van der Waals surface area contributed by atoms with E-state index in [0.29, 0.717) is 6.54 Å². The fourth-order valence-electron chi connectivity index (χ4n) is 2.43. The highest BCUT2D eigenvalue weighted by Crippen LogP contribution is 2.30. The van der Waals surface area contributed by atoms with Gasteiger partial charge in [0.2, 0.25) is 0 Å². The van der Waals surface area contributed by atoms with Crippen LogP contribution in [0.5, 0.6) is 0 Å². The van der Waals surface area contributed by atoms with Crippen molar-refractivity contribution in [2.75, 3.05) is 6.54 Å². The number of nitrogens with zero attached hydrogens (tertiary/aromatic N) is 2. The Hall–Kier alpha value is -1.35. The predicted octanol–water partition coefficient (Wildman–Crippen LogP) is 3.47. The number of rotatable bonds is 2. The van der Waals surface area contributed by atoms with Crippen LogP contribution in [0.15, 0.2) is 12.1 Å². The van der Waals surface area contributed by atoms with Crippen molar-refractivity contribution in [1.29, 1.82) is 0 Å². The zero-order valence-electron chi connectivity index (χ0n) is 12.9. The zero-order valence-corrected chi connectivity index (χ0v) is 12.9. The lowest BCUT2D eigenvalue weighted by Gasteiger charge is -2.23. The van der Waals surface area contributed by atoms with Crippen LogP contribution in [0.25, 0.3) is 11.0 Å². The van der Waals surface area contributed by atoms with E-state index in [-0.39, 0.29) is 11.5 Å². The molecule has 0 aliphatic carbocycles. The molecule has 2 N–H and O–H groups in total. The lowest BCUT2D eigenvalue weighted by molar-refractivity contribution is 0.464. The van der Waals surface area contributed by atoms with Crippen LogP contribution in [0.3, 0.4) is 0 Å². The molecule has 104 valence electrons. The van der Waals surface area contributed by atoms with E-state index < -0.39 is 0 Å². The van der Waals surface area contributed by atoms with Gasteiger partial charge in [0.05, 0.1) is 11.0 Å². The third-order valence-corrected chi connectivity index (χ3v) is 3.76. The molecule has 0 bridgehead atoms. The van der Waals surface area contributed by atoms with E-state index in [1.165, 1.54) is 16.6 Å². The first-order valence-corrected chi connectivity index (χ1v) is 6.95. The lowest BCUT2D eigenvalue weighted by Crippen LogP contribution is -2.24. The molecule has 1 heterocycles. The van der Waals surface area contributed by atoms with E-state index >= 15 is 0 Å². The summed E-state index contributed by atoms with van der Waals surface area (Å²) in [5.41, 5.74) is 10.8. The Morgan fingerprint density at radius 1 is 1.21 bits per heavy atom. The van der Waals surface area contributed by atoms with Gasteiger partial charge >= 0.3 is 0 Å². The van der Waals surface area contributed by atoms with Gasteiger partial charge in [0, 0.05) is 18.0 Å². The van der Waals surface area contributed by atoms with Gasteiger partial charge in [-0.2, -0.15) is 0 Å². The van der Waals surface area contributed by atoms with Crippen molar-refractivity contribution in [3.8, 4) is 0 Å². The average molecular weight is 259 g/mol. The minimum atomic E-state index is 0.0181. The van der Waals surface area contributed by atoms with Gasteiger partial charge in [-0.3, -0.25) is 0 Å². The highest BCUT2D eigenvalue weighted by Gasteiger charge is 2.25. The lowest BCUT2D eigenvalue weighted by atomic mass is 9.95. The molecule has 0 saturated heterocycles. The fourth-order valence-corrected chi connectivity index (χ4v) is 2.43. The molecule has 0 amide bonds. The summed E-state index contributed by atoms with van der Waals surface area (Å²) < 4.78 is 2.31. The van der Waals surface area contributed by atoms with Crippen molar-refractivity contribution in [2.45, 2.75) is 53.0 Å². The number of imidazole rings is 1. The highest BCUT2D eigenvalue weighted by atomic mass is 15.1. The predicted molar refractivity (Wildman–Crippen MR) is 81.7 cm³/mol. The monoisotopic (exact) mass is 259 g/mol. The molecule has 2 aromatic rings. The quantitative estimate of drug-likeness (QED) is 0.897. The van der Waals surface area contributed by atoms with Crippen LogP contribution in [0.1, 0.15) is 50.7 Å². The summed E-state index contributed by atoms with van der Waals surface area (Å²) >= 11 is 0. The second-order valence-corrected chi connectivity index (χ2v) is 6.57. The van der Waals surface area contributed by atoms with Crippen molar-refractivity contribution < 1.29 is 0 Å². The Bertz CT molecular complexity index is 602. The molecule has 0 saturated carbocycles. The molecule has 1 atom stereocenters. The van der Waals surface area contributed by atoms with Crippen molar-refractivity contribution >= 4 is 11.0 Å². The summed E-state index contributed by atoms with van der Waals surface area (Å²) in [5.74, 6) is 1.12. The smallest absolute Gasteiger partial charge is 0.115 e. The number of aryl methyl sites for hydroxylation is 2. The van der Waals surface area contributed by atoms with Crippen LogP contribution in [-0.2, 0) is 5.41 Å². The van der Waals surface area contributed by atoms with Crippen molar-refractivity contribution in [1.82, 2.24) is 9.55 Å². The van der Waals surface area contributed by atoms with E-state index in [4.69, 9.17) is 10.7 Å². The van der Waals surface area contributed by atoms with E-state index in [2.05, 4.69) is 58.2 Å². The molecule has 3 heteroatoms. The van der Waals surface area contributed by atoms with E-state index in [9.17, 15) is 0 Å². The Kier molecular flexibility index (Phi) is 3.43. The van der Waals surface area contributed by atoms with Gasteiger partial charge in [-0.25, -0.2) is 4.98 Å². The summed E-state index contributed by atoms with van der Waals surface area (Å²) in [4.78, 5) is 4.86. The van der Waals surface area contributed by atoms with Crippen molar-refractivity contribution in [2.24, 2.45) is 5.73 Å². The van der Waals surface area contributed by atoms with Gasteiger partial charge in [0.25, 0.3) is 0 Å². The molecular weight excluding hydrogens is 234 g/mol. The van der Waals surface area contributed by atoms with Gasteiger partial charge in [0.1, 0.15) is 5.82 Å². The van der Waals surface area contributed by atoms with Crippen LogP contribution < -0.4 is 5.73 Å². The minimum Gasteiger partial charge on any atom is -0.328 e. The Morgan fingerprint density at radius 3 is 2.32 bits per heavy atom. The van der Waals surface area contributed by atoms with Crippen LogP contribution in [-0.4, -0.2) is 16.1 Å². The molecule has 2 rings (SSSR count). The number of benzene rings is 1. The molecule has 0 spiro atoms. The van der Waals surface area contributed by atoms with Crippen LogP contribution >= 0.6 is 0 Å². The van der Waals surface area contributed by atoms with Gasteiger partial charge in [-0.15, -0.1) is 0 Å². The molecule has 1 aromatic carbocycles. The maximum atomic E-state index is 5.89. The first kappa shape index (κ1) is 14.1. The summed E-state index contributed by atoms with van der Waals surface area (Å²) in [6.07, 6.45) is 0. The maximum absolute atomic E-state index is 5.89. The van der Waals surface area contributed by atoms with Crippen LogP contribution in [0.4, 0.5) is 0 Å². The fraction of sp³-hybridized carbons (Fsp3) is 0.562. The topological polar surface area (TPSA) is 43.8 Å². The maximum Gasteiger partial charge on any atom is 0.115 e. The third-order valence-electron chi connectivity index (χ3n) is 3.76. The highest BCUT2D eigenvalue weighted by molar-refractivity contribution is 5.78. The summed E-state index contributed by atoms with van der Waals surface area (Å²) in [6.45, 7) is 13.7. The van der Waals surface area contributed by atoms with E-state index in [1.54, 1.807) is 0 Å². The molecule has 0 radical (unpaired) electrons. The Labute approximate surface area is 115 Å². The molecule has 1 aromatic heterocycles. The second kappa shape index (κ2) is 4.64. The van der Waals surface area contributed by atoms with Gasteiger partial charge in [0.15, 0.2) is 0 Å². The summed E-state index contributed by atoms with van der Waals surface area (Å²) in [5, 5.41) is 0.